The highest BCUT2D eigenvalue weighted by Gasteiger charge is 2.48. The number of halogens is 1. The zero-order valence-corrected chi connectivity index (χ0v) is 23.7. The van der Waals surface area contributed by atoms with E-state index in [1.807, 2.05) is 6.92 Å². The Morgan fingerprint density at radius 1 is 1.02 bits per heavy atom. The van der Waals surface area contributed by atoms with E-state index in [4.69, 9.17) is 14.2 Å². The summed E-state index contributed by atoms with van der Waals surface area (Å²) in [5.74, 6) is -0.969. The maximum absolute atomic E-state index is 13.9. The van der Waals surface area contributed by atoms with E-state index in [0.29, 0.717) is 51.8 Å². The lowest BCUT2D eigenvalue weighted by atomic mass is 9.95. The summed E-state index contributed by atoms with van der Waals surface area (Å²) in [4.78, 5) is 32.9. The monoisotopic (exact) mass is 576 g/mol. The van der Waals surface area contributed by atoms with Gasteiger partial charge in [-0.25, -0.2) is 9.37 Å². The minimum absolute atomic E-state index is 0.105. The van der Waals surface area contributed by atoms with E-state index in [2.05, 4.69) is 11.9 Å². The highest BCUT2D eigenvalue weighted by molar-refractivity contribution is 7.22. The molecule has 212 valence electrons. The Hall–Kier alpha value is -4.44. The van der Waals surface area contributed by atoms with Crippen LogP contribution in [0.1, 0.15) is 43.9 Å². The van der Waals surface area contributed by atoms with Gasteiger partial charge in [0.15, 0.2) is 16.6 Å². The third-order valence-electron chi connectivity index (χ3n) is 6.69. The molecule has 1 aromatic heterocycles. The first kappa shape index (κ1) is 28.1. The topological polar surface area (TPSA) is 98.2 Å². The third kappa shape index (κ3) is 5.47. The van der Waals surface area contributed by atoms with Crippen molar-refractivity contribution in [2.75, 3.05) is 25.2 Å². The van der Waals surface area contributed by atoms with Gasteiger partial charge in [0.2, 0.25) is 0 Å². The van der Waals surface area contributed by atoms with Gasteiger partial charge in [-0.3, -0.25) is 14.5 Å². The van der Waals surface area contributed by atoms with Gasteiger partial charge < -0.3 is 19.3 Å². The van der Waals surface area contributed by atoms with E-state index in [0.717, 1.165) is 24.2 Å². The SMILES string of the molecule is CCCCOc1ccc(C2/C(=C(\O)c3ccc(OCC)cc3)C(=O)C(=O)N2c2nc3ccc(F)cc3s2)cc1OC. The lowest BCUT2D eigenvalue weighted by molar-refractivity contribution is -0.132. The van der Waals surface area contributed by atoms with Gasteiger partial charge >= 0.3 is 5.91 Å². The van der Waals surface area contributed by atoms with Gasteiger partial charge in [0.25, 0.3) is 5.78 Å². The number of fused-ring (bicyclic) bond motifs is 1. The van der Waals surface area contributed by atoms with Gasteiger partial charge in [0.1, 0.15) is 17.3 Å². The third-order valence-corrected chi connectivity index (χ3v) is 7.70. The average Bonchev–Trinajstić information content (AvgIpc) is 3.50. The largest absolute Gasteiger partial charge is 0.507 e. The smallest absolute Gasteiger partial charge is 0.301 e. The number of aromatic nitrogens is 1. The average molecular weight is 577 g/mol. The number of rotatable bonds is 10. The highest BCUT2D eigenvalue weighted by Crippen LogP contribution is 2.46. The number of aliphatic hydroxyl groups excluding tert-OH is 1. The minimum Gasteiger partial charge on any atom is -0.507 e. The fourth-order valence-electron chi connectivity index (χ4n) is 4.67. The molecule has 0 spiro atoms. The van der Waals surface area contributed by atoms with Crippen molar-refractivity contribution in [1.82, 2.24) is 4.98 Å². The first-order chi connectivity index (χ1) is 19.9. The number of benzene rings is 3. The maximum atomic E-state index is 13.9. The Labute approximate surface area is 240 Å². The molecule has 4 aromatic rings. The lowest BCUT2D eigenvalue weighted by Crippen LogP contribution is -2.29. The summed E-state index contributed by atoms with van der Waals surface area (Å²) in [6.07, 6.45) is 1.83. The molecular weight excluding hydrogens is 547 g/mol. The zero-order chi connectivity index (χ0) is 29.1. The van der Waals surface area contributed by atoms with E-state index < -0.39 is 23.5 Å². The van der Waals surface area contributed by atoms with E-state index in [1.165, 1.54) is 30.2 Å². The molecule has 1 atom stereocenters. The van der Waals surface area contributed by atoms with E-state index in [9.17, 15) is 19.1 Å². The van der Waals surface area contributed by atoms with Crippen LogP contribution in [0.4, 0.5) is 9.52 Å². The number of Topliss-reactive ketones (excluding diaryl/α,β-unsaturated/α-hetero) is 1. The molecule has 8 nitrogen and oxygen atoms in total. The first-order valence-electron chi connectivity index (χ1n) is 13.3. The number of ketones is 1. The molecule has 0 radical (unpaired) electrons. The van der Waals surface area contributed by atoms with E-state index in [-0.39, 0.29) is 16.5 Å². The number of thiazole rings is 1. The van der Waals surface area contributed by atoms with Gasteiger partial charge in [0, 0.05) is 5.56 Å². The molecule has 41 heavy (non-hydrogen) atoms. The summed E-state index contributed by atoms with van der Waals surface area (Å²) in [6, 6.07) is 14.8. The van der Waals surface area contributed by atoms with Gasteiger partial charge in [-0.2, -0.15) is 0 Å². The molecule has 3 aromatic carbocycles. The van der Waals surface area contributed by atoms with Crippen LogP contribution in [0, 0.1) is 5.82 Å². The molecule has 1 unspecified atom stereocenters. The van der Waals surface area contributed by atoms with Crippen molar-refractivity contribution < 1.29 is 33.3 Å². The number of nitrogens with zero attached hydrogens (tertiary/aromatic N) is 2. The van der Waals surface area contributed by atoms with Crippen molar-refractivity contribution in [2.45, 2.75) is 32.7 Å². The first-order valence-corrected chi connectivity index (χ1v) is 14.1. The molecular formula is C31H29FN2O6S. The number of carbonyl (C=O) groups is 2. The second kappa shape index (κ2) is 12.0. The molecule has 1 saturated heterocycles. The Balaban J connectivity index is 1.66. The predicted octanol–water partition coefficient (Wildman–Crippen LogP) is 6.65. The summed E-state index contributed by atoms with van der Waals surface area (Å²) < 4.78 is 31.4. The fourth-order valence-corrected chi connectivity index (χ4v) is 5.68. The summed E-state index contributed by atoms with van der Waals surface area (Å²) in [7, 11) is 1.50. The number of methoxy groups -OCH3 is 1. The van der Waals surface area contributed by atoms with Crippen LogP contribution in [0.3, 0.4) is 0 Å². The number of carbonyl (C=O) groups excluding carboxylic acids is 2. The molecule has 10 heteroatoms. The molecule has 5 rings (SSSR count). The number of unbranched alkanes of at least 4 members (excludes halogenated alkanes) is 1. The summed E-state index contributed by atoms with van der Waals surface area (Å²) in [6.45, 7) is 4.90. The van der Waals surface area contributed by atoms with Gasteiger partial charge in [-0.15, -0.1) is 0 Å². The molecule has 1 N–H and O–H groups in total. The van der Waals surface area contributed by atoms with Crippen LogP contribution in [-0.2, 0) is 9.59 Å². The van der Waals surface area contributed by atoms with Crippen molar-refractivity contribution in [3.63, 3.8) is 0 Å². The normalized spacial score (nSPS) is 16.4. The molecule has 1 amide bonds. The summed E-state index contributed by atoms with van der Waals surface area (Å²) in [5.41, 5.74) is 1.22. The number of hydrogen-bond acceptors (Lipinski definition) is 8. The number of ether oxygens (including phenoxy) is 3. The number of amides is 1. The predicted molar refractivity (Wildman–Crippen MR) is 155 cm³/mol. The molecule has 1 aliphatic heterocycles. The van der Waals surface area contributed by atoms with E-state index >= 15 is 0 Å². The standard InChI is InChI=1S/C31H29FN2O6S/c1-4-6-15-40-23-14-9-19(16-24(23)38-3)27-26(28(35)18-7-11-21(12-8-18)39-5-2)29(36)30(37)34(27)31-33-22-13-10-20(32)17-25(22)41-31/h7-14,16-17,27,35H,4-6,15H2,1-3H3/b28-26+. The number of hydrogen-bond donors (Lipinski definition) is 1. The van der Waals surface area contributed by atoms with Gasteiger partial charge in [0.05, 0.1) is 42.2 Å². The van der Waals surface area contributed by atoms with Gasteiger partial charge in [-0.1, -0.05) is 30.7 Å². The lowest BCUT2D eigenvalue weighted by Gasteiger charge is -2.24. The van der Waals surface area contributed by atoms with Crippen molar-refractivity contribution in [1.29, 1.82) is 0 Å². The second-order valence-electron chi connectivity index (χ2n) is 9.35. The van der Waals surface area contributed by atoms with Crippen molar-refractivity contribution in [3.8, 4) is 17.2 Å². The number of aliphatic hydroxyl groups is 1. The van der Waals surface area contributed by atoms with Crippen molar-refractivity contribution in [2.24, 2.45) is 0 Å². The Kier molecular flexibility index (Phi) is 8.21. The number of anilines is 1. The van der Waals surface area contributed by atoms with Crippen LogP contribution >= 0.6 is 11.3 Å². The maximum Gasteiger partial charge on any atom is 0.301 e. The molecule has 0 aliphatic carbocycles. The fraction of sp³-hybridized carbons (Fsp3) is 0.258. The van der Waals surface area contributed by atoms with Crippen LogP contribution < -0.4 is 19.1 Å². The van der Waals surface area contributed by atoms with Crippen LogP contribution in [0.15, 0.2) is 66.2 Å². The van der Waals surface area contributed by atoms with Crippen LogP contribution in [0.25, 0.3) is 16.0 Å². The summed E-state index contributed by atoms with van der Waals surface area (Å²) >= 11 is 1.08. The molecule has 0 saturated carbocycles. The molecule has 0 bridgehead atoms. The van der Waals surface area contributed by atoms with Crippen LogP contribution in [-0.4, -0.2) is 42.1 Å². The quantitative estimate of drug-likeness (QED) is 0.0977. The van der Waals surface area contributed by atoms with Crippen molar-refractivity contribution in [3.05, 3.63) is 83.2 Å². The minimum atomic E-state index is -1.04. The molecule has 1 aliphatic rings. The zero-order valence-electron chi connectivity index (χ0n) is 22.8. The summed E-state index contributed by atoms with van der Waals surface area (Å²) in [5, 5.41) is 11.6. The van der Waals surface area contributed by atoms with Crippen LogP contribution in [0.5, 0.6) is 17.2 Å². The van der Waals surface area contributed by atoms with Gasteiger partial charge in [-0.05, 0) is 73.5 Å². The highest BCUT2D eigenvalue weighted by atomic mass is 32.1. The molecule has 2 heterocycles. The van der Waals surface area contributed by atoms with Crippen LogP contribution in [0.2, 0.25) is 0 Å². The van der Waals surface area contributed by atoms with E-state index in [1.54, 1.807) is 42.5 Å². The Bertz CT molecular complexity index is 1630. The van der Waals surface area contributed by atoms with Crippen molar-refractivity contribution >= 4 is 44.1 Å². The molecule has 1 fully saturated rings. The second-order valence-corrected chi connectivity index (χ2v) is 10.4. The Morgan fingerprint density at radius 2 is 1.80 bits per heavy atom. The Morgan fingerprint density at radius 3 is 2.51 bits per heavy atom.